The first-order chi connectivity index (χ1) is 7.29. The van der Waals surface area contributed by atoms with Gasteiger partial charge in [0, 0.05) is 26.3 Å². The fourth-order valence-corrected chi connectivity index (χ4v) is 1.77. The molecule has 1 saturated heterocycles. The standard InChI is InChI=1S/C11H15N3O/c1-13(10-6-2-3-7-12-10)11(15)14-8-4-5-9-14/h2-3,6-7H,4-5,8-9H2,1H3. The smallest absolute Gasteiger partial charge is 0.324 e. The molecule has 1 aliphatic rings. The van der Waals surface area contributed by atoms with Gasteiger partial charge in [-0.1, -0.05) is 6.07 Å². The summed E-state index contributed by atoms with van der Waals surface area (Å²) in [6.45, 7) is 1.74. The minimum Gasteiger partial charge on any atom is -0.324 e. The summed E-state index contributed by atoms with van der Waals surface area (Å²) < 4.78 is 0. The normalized spacial score (nSPS) is 15.4. The van der Waals surface area contributed by atoms with Gasteiger partial charge in [-0.3, -0.25) is 4.90 Å². The largest absolute Gasteiger partial charge is 0.325 e. The molecule has 2 amide bonds. The van der Waals surface area contributed by atoms with Gasteiger partial charge in [-0.15, -0.1) is 0 Å². The Morgan fingerprint density at radius 1 is 1.40 bits per heavy atom. The van der Waals surface area contributed by atoms with Crippen molar-refractivity contribution in [1.29, 1.82) is 0 Å². The minimum atomic E-state index is 0.0474. The van der Waals surface area contributed by atoms with Gasteiger partial charge in [-0.05, 0) is 25.0 Å². The molecule has 4 nitrogen and oxygen atoms in total. The van der Waals surface area contributed by atoms with Crippen LogP contribution >= 0.6 is 0 Å². The summed E-state index contributed by atoms with van der Waals surface area (Å²) in [5.74, 6) is 0.703. The Balaban J connectivity index is 2.07. The number of rotatable bonds is 1. The summed E-state index contributed by atoms with van der Waals surface area (Å²) in [5.41, 5.74) is 0. The van der Waals surface area contributed by atoms with E-state index in [1.54, 1.807) is 18.1 Å². The molecule has 0 radical (unpaired) electrons. The Bertz CT molecular complexity index is 333. The number of amides is 2. The Labute approximate surface area is 89.5 Å². The number of anilines is 1. The lowest BCUT2D eigenvalue weighted by atomic mass is 10.4. The maximum atomic E-state index is 12.0. The summed E-state index contributed by atoms with van der Waals surface area (Å²) in [5, 5.41) is 0. The van der Waals surface area contributed by atoms with Crippen LogP contribution in [0.2, 0.25) is 0 Å². The van der Waals surface area contributed by atoms with E-state index in [4.69, 9.17) is 0 Å². The molecule has 2 rings (SSSR count). The molecule has 0 spiro atoms. The van der Waals surface area contributed by atoms with Crippen LogP contribution in [0.15, 0.2) is 24.4 Å². The van der Waals surface area contributed by atoms with Crippen LogP contribution < -0.4 is 4.90 Å². The maximum Gasteiger partial charge on any atom is 0.325 e. The van der Waals surface area contributed by atoms with Crippen LogP contribution in [-0.4, -0.2) is 36.1 Å². The molecular weight excluding hydrogens is 190 g/mol. The monoisotopic (exact) mass is 205 g/mol. The third-order valence-corrected chi connectivity index (χ3v) is 2.66. The molecule has 1 fully saturated rings. The lowest BCUT2D eigenvalue weighted by Gasteiger charge is -2.23. The van der Waals surface area contributed by atoms with Gasteiger partial charge in [0.2, 0.25) is 0 Å². The predicted octanol–water partition coefficient (Wildman–Crippen LogP) is 1.73. The van der Waals surface area contributed by atoms with Crippen LogP contribution in [0.25, 0.3) is 0 Å². The third kappa shape index (κ3) is 2.09. The fourth-order valence-electron chi connectivity index (χ4n) is 1.77. The zero-order valence-electron chi connectivity index (χ0n) is 8.89. The van der Waals surface area contributed by atoms with E-state index < -0.39 is 0 Å². The van der Waals surface area contributed by atoms with Crippen molar-refractivity contribution in [2.45, 2.75) is 12.8 Å². The van der Waals surface area contributed by atoms with E-state index >= 15 is 0 Å². The predicted molar refractivity (Wildman–Crippen MR) is 58.8 cm³/mol. The first-order valence-corrected chi connectivity index (χ1v) is 5.23. The molecular formula is C11H15N3O. The van der Waals surface area contributed by atoms with Crippen molar-refractivity contribution in [2.24, 2.45) is 0 Å². The van der Waals surface area contributed by atoms with Crippen molar-refractivity contribution in [3.63, 3.8) is 0 Å². The molecule has 15 heavy (non-hydrogen) atoms. The second-order valence-electron chi connectivity index (χ2n) is 3.72. The summed E-state index contributed by atoms with van der Waals surface area (Å²) >= 11 is 0. The van der Waals surface area contributed by atoms with Crippen LogP contribution in [0.3, 0.4) is 0 Å². The number of aromatic nitrogens is 1. The molecule has 1 aliphatic heterocycles. The van der Waals surface area contributed by atoms with Gasteiger partial charge in [-0.2, -0.15) is 0 Å². The fraction of sp³-hybridized carbons (Fsp3) is 0.455. The van der Waals surface area contributed by atoms with E-state index in [9.17, 15) is 4.79 Å². The van der Waals surface area contributed by atoms with Crippen LogP contribution in [-0.2, 0) is 0 Å². The molecule has 1 aromatic rings. The average Bonchev–Trinajstić information content (AvgIpc) is 2.82. The zero-order chi connectivity index (χ0) is 10.7. The quantitative estimate of drug-likeness (QED) is 0.700. The maximum absolute atomic E-state index is 12.0. The Kier molecular flexibility index (Phi) is 2.85. The highest BCUT2D eigenvalue weighted by molar-refractivity contribution is 5.90. The number of urea groups is 1. The van der Waals surface area contributed by atoms with Crippen molar-refractivity contribution in [2.75, 3.05) is 25.0 Å². The molecule has 4 heteroatoms. The Hall–Kier alpha value is -1.58. The van der Waals surface area contributed by atoms with Crippen molar-refractivity contribution in [1.82, 2.24) is 9.88 Å². The highest BCUT2D eigenvalue weighted by atomic mass is 16.2. The van der Waals surface area contributed by atoms with Crippen molar-refractivity contribution >= 4 is 11.8 Å². The van der Waals surface area contributed by atoms with Crippen LogP contribution in [0.5, 0.6) is 0 Å². The van der Waals surface area contributed by atoms with Gasteiger partial charge in [0.25, 0.3) is 0 Å². The first-order valence-electron chi connectivity index (χ1n) is 5.23. The van der Waals surface area contributed by atoms with Gasteiger partial charge in [-0.25, -0.2) is 9.78 Å². The summed E-state index contributed by atoms with van der Waals surface area (Å²) in [6, 6.07) is 5.62. The number of carbonyl (C=O) groups is 1. The molecule has 0 N–H and O–H groups in total. The zero-order valence-corrected chi connectivity index (χ0v) is 8.89. The number of likely N-dealkylation sites (tertiary alicyclic amines) is 1. The van der Waals surface area contributed by atoms with Gasteiger partial charge < -0.3 is 4.90 Å². The molecule has 1 aromatic heterocycles. The summed E-state index contributed by atoms with van der Waals surface area (Å²) in [4.78, 5) is 19.6. The van der Waals surface area contributed by atoms with E-state index in [1.165, 1.54) is 0 Å². The van der Waals surface area contributed by atoms with E-state index in [-0.39, 0.29) is 6.03 Å². The van der Waals surface area contributed by atoms with E-state index in [0.717, 1.165) is 25.9 Å². The molecule has 0 aromatic carbocycles. The minimum absolute atomic E-state index is 0.0474. The number of carbonyl (C=O) groups excluding carboxylic acids is 1. The second-order valence-corrected chi connectivity index (χ2v) is 3.72. The molecule has 0 bridgehead atoms. The highest BCUT2D eigenvalue weighted by Crippen LogP contribution is 2.14. The van der Waals surface area contributed by atoms with Crippen LogP contribution in [0.1, 0.15) is 12.8 Å². The Morgan fingerprint density at radius 2 is 2.13 bits per heavy atom. The Morgan fingerprint density at radius 3 is 2.73 bits per heavy atom. The number of nitrogens with zero attached hydrogens (tertiary/aromatic N) is 3. The van der Waals surface area contributed by atoms with Gasteiger partial charge >= 0.3 is 6.03 Å². The molecule has 0 atom stereocenters. The lowest BCUT2D eigenvalue weighted by molar-refractivity contribution is 0.216. The van der Waals surface area contributed by atoms with E-state index in [1.807, 2.05) is 23.1 Å². The van der Waals surface area contributed by atoms with Crippen LogP contribution in [0, 0.1) is 0 Å². The van der Waals surface area contributed by atoms with Crippen molar-refractivity contribution < 1.29 is 4.79 Å². The number of pyridine rings is 1. The van der Waals surface area contributed by atoms with E-state index in [0.29, 0.717) is 5.82 Å². The number of hydrogen-bond donors (Lipinski definition) is 0. The van der Waals surface area contributed by atoms with Gasteiger partial charge in [0.1, 0.15) is 5.82 Å². The van der Waals surface area contributed by atoms with Crippen LogP contribution in [0.4, 0.5) is 10.6 Å². The molecule has 0 unspecified atom stereocenters. The molecule has 80 valence electrons. The topological polar surface area (TPSA) is 36.4 Å². The van der Waals surface area contributed by atoms with Crippen molar-refractivity contribution in [3.05, 3.63) is 24.4 Å². The molecule has 0 aliphatic carbocycles. The molecule has 2 heterocycles. The molecule has 0 saturated carbocycles. The van der Waals surface area contributed by atoms with Gasteiger partial charge in [0.05, 0.1) is 0 Å². The second kappa shape index (κ2) is 4.29. The third-order valence-electron chi connectivity index (χ3n) is 2.66. The SMILES string of the molecule is CN(C(=O)N1CCCC1)c1ccccn1. The average molecular weight is 205 g/mol. The number of hydrogen-bond acceptors (Lipinski definition) is 2. The van der Waals surface area contributed by atoms with Crippen molar-refractivity contribution in [3.8, 4) is 0 Å². The van der Waals surface area contributed by atoms with E-state index in [2.05, 4.69) is 4.98 Å². The lowest BCUT2D eigenvalue weighted by Crippen LogP contribution is -2.39. The summed E-state index contributed by atoms with van der Waals surface area (Å²) in [6.07, 6.45) is 3.92. The summed E-state index contributed by atoms with van der Waals surface area (Å²) in [7, 11) is 1.77. The first kappa shape index (κ1) is 9.96. The highest BCUT2D eigenvalue weighted by Gasteiger charge is 2.22. The van der Waals surface area contributed by atoms with Gasteiger partial charge in [0.15, 0.2) is 0 Å².